The van der Waals surface area contributed by atoms with Gasteiger partial charge in [0.05, 0.1) is 10.1 Å². The first-order valence-electron chi connectivity index (χ1n) is 4.73. The number of quaternary nitrogens is 1. The Bertz CT molecular complexity index is 362. The molecule has 0 bridgehead atoms. The molecule has 0 radical (unpaired) electrons. The van der Waals surface area contributed by atoms with Crippen LogP contribution in [0.5, 0.6) is 0 Å². The molecule has 1 aromatic heterocycles. The molecular formula is C9H18N2O3S2. The van der Waals surface area contributed by atoms with Crippen LogP contribution in [0.2, 0.25) is 0 Å². The summed E-state index contributed by atoms with van der Waals surface area (Å²) in [6.07, 6.45) is 1.32. The fourth-order valence-electron chi connectivity index (χ4n) is 1.17. The van der Waals surface area contributed by atoms with E-state index in [9.17, 15) is 13.0 Å². The minimum Gasteiger partial charge on any atom is -0.748 e. The van der Waals surface area contributed by atoms with E-state index in [4.69, 9.17) is 0 Å². The first-order chi connectivity index (χ1) is 7.08. The summed E-state index contributed by atoms with van der Waals surface area (Å²) >= 11 is 1.66. The van der Waals surface area contributed by atoms with Gasteiger partial charge in [-0.25, -0.2) is 8.42 Å². The Morgan fingerprint density at radius 2 is 2.12 bits per heavy atom. The third kappa shape index (κ3) is 7.77. The average molecular weight is 266 g/mol. The van der Waals surface area contributed by atoms with E-state index >= 15 is 0 Å². The highest BCUT2D eigenvalue weighted by Crippen LogP contribution is 2.05. The Labute approximate surface area is 100 Å². The molecule has 0 aliphatic rings. The zero-order valence-corrected chi connectivity index (χ0v) is 10.9. The zero-order valence-electron chi connectivity index (χ0n) is 9.31. The molecule has 0 saturated heterocycles. The maximum atomic E-state index is 10.3. The Kier molecular flexibility index (Phi) is 7.52. The molecule has 94 valence electrons. The van der Waals surface area contributed by atoms with Crippen molar-refractivity contribution in [1.29, 1.82) is 0 Å². The summed E-state index contributed by atoms with van der Waals surface area (Å²) in [4.78, 5) is 0. The molecule has 1 rings (SSSR count). The van der Waals surface area contributed by atoms with Crippen molar-refractivity contribution in [1.82, 2.24) is 11.5 Å². The number of thiophene rings is 1. The highest BCUT2D eigenvalue weighted by atomic mass is 32.2. The number of nitrogens with one attached hydrogen (secondary N) is 1. The van der Waals surface area contributed by atoms with E-state index < -0.39 is 10.1 Å². The summed E-state index contributed by atoms with van der Waals surface area (Å²) in [5, 5.41) is 7.21. The van der Waals surface area contributed by atoms with Crippen molar-refractivity contribution in [3.05, 3.63) is 22.4 Å². The van der Waals surface area contributed by atoms with Gasteiger partial charge in [-0.1, -0.05) is 0 Å². The highest BCUT2D eigenvalue weighted by molar-refractivity contribution is 7.85. The first-order valence-corrected chi connectivity index (χ1v) is 7.25. The minimum absolute atomic E-state index is 0. The predicted octanol–water partition coefficient (Wildman–Crippen LogP) is 1.19. The zero-order chi connectivity index (χ0) is 11.1. The topological polar surface area (TPSA) is 106 Å². The molecule has 0 aliphatic heterocycles. The molecule has 5 N–H and O–H groups in total. The molecule has 1 heterocycles. The number of hydrogen-bond acceptors (Lipinski definition) is 5. The van der Waals surface area contributed by atoms with Crippen molar-refractivity contribution >= 4 is 21.5 Å². The van der Waals surface area contributed by atoms with Crippen molar-refractivity contribution in [3.63, 3.8) is 0 Å². The minimum atomic E-state index is -4.04. The van der Waals surface area contributed by atoms with Crippen LogP contribution in [0.25, 0.3) is 0 Å². The van der Waals surface area contributed by atoms with Gasteiger partial charge in [0.2, 0.25) is 0 Å². The molecule has 0 aromatic carbocycles. The van der Waals surface area contributed by atoms with E-state index in [1.807, 2.05) is 5.38 Å². The molecule has 0 spiro atoms. The lowest BCUT2D eigenvalue weighted by atomic mass is 10.2. The van der Waals surface area contributed by atoms with E-state index in [2.05, 4.69) is 16.8 Å². The van der Waals surface area contributed by atoms with Gasteiger partial charge >= 0.3 is 0 Å². The summed E-state index contributed by atoms with van der Waals surface area (Å²) < 4.78 is 30.8. The SMILES string of the molecule is O=S(=O)([O-])CCCNCCc1ccsc1.[NH4+]. The molecule has 5 nitrogen and oxygen atoms in total. The second kappa shape index (κ2) is 7.75. The van der Waals surface area contributed by atoms with Crippen LogP contribution in [0.4, 0.5) is 0 Å². The number of rotatable bonds is 7. The second-order valence-corrected chi connectivity index (χ2v) is 5.55. The molecule has 0 fully saturated rings. The van der Waals surface area contributed by atoms with Gasteiger partial charge in [0.25, 0.3) is 0 Å². The molecule has 0 amide bonds. The van der Waals surface area contributed by atoms with Gasteiger partial charge in [-0.3, -0.25) is 0 Å². The third-order valence-corrected chi connectivity index (χ3v) is 3.44. The quantitative estimate of drug-likeness (QED) is 0.571. The monoisotopic (exact) mass is 266 g/mol. The van der Waals surface area contributed by atoms with Crippen LogP contribution in [0.3, 0.4) is 0 Å². The van der Waals surface area contributed by atoms with Gasteiger partial charge in [0.15, 0.2) is 0 Å². The van der Waals surface area contributed by atoms with Gasteiger partial charge in [-0.2, -0.15) is 11.3 Å². The van der Waals surface area contributed by atoms with Gasteiger partial charge in [0, 0.05) is 5.75 Å². The summed E-state index contributed by atoms with van der Waals surface area (Å²) in [6, 6.07) is 2.06. The Morgan fingerprint density at radius 3 is 2.69 bits per heavy atom. The van der Waals surface area contributed by atoms with Crippen LogP contribution in [-0.4, -0.2) is 31.8 Å². The summed E-state index contributed by atoms with van der Waals surface area (Å²) in [7, 11) is -4.04. The summed E-state index contributed by atoms with van der Waals surface area (Å²) in [5.41, 5.74) is 1.28. The van der Waals surface area contributed by atoms with Crippen molar-refractivity contribution < 1.29 is 13.0 Å². The van der Waals surface area contributed by atoms with Crippen LogP contribution < -0.4 is 11.5 Å². The van der Waals surface area contributed by atoms with E-state index in [1.165, 1.54) is 5.56 Å². The smallest absolute Gasteiger partial charge is 0.0946 e. The fraction of sp³-hybridized carbons (Fsp3) is 0.556. The summed E-state index contributed by atoms with van der Waals surface area (Å²) in [6.45, 7) is 1.39. The molecule has 7 heteroatoms. The molecule has 1 aromatic rings. The maximum Gasteiger partial charge on any atom is 0.0946 e. The Hall–Kier alpha value is -0.470. The molecular weight excluding hydrogens is 248 g/mol. The van der Waals surface area contributed by atoms with Crippen LogP contribution in [0, 0.1) is 0 Å². The molecule has 0 atom stereocenters. The van der Waals surface area contributed by atoms with Gasteiger partial charge in [-0.05, 0) is 48.3 Å². The predicted molar refractivity (Wildman–Crippen MR) is 66.1 cm³/mol. The van der Waals surface area contributed by atoms with E-state index in [1.54, 1.807) is 11.3 Å². The maximum absolute atomic E-state index is 10.3. The second-order valence-electron chi connectivity index (χ2n) is 3.25. The normalized spacial score (nSPS) is 11.1. The molecule has 0 saturated carbocycles. The number of hydrogen-bond donors (Lipinski definition) is 2. The van der Waals surface area contributed by atoms with E-state index in [0.717, 1.165) is 13.0 Å². The van der Waals surface area contributed by atoms with E-state index in [0.29, 0.717) is 13.0 Å². The van der Waals surface area contributed by atoms with Crippen molar-refractivity contribution in [2.45, 2.75) is 12.8 Å². The average Bonchev–Trinajstić information content (AvgIpc) is 2.61. The highest BCUT2D eigenvalue weighted by Gasteiger charge is 1.95. The van der Waals surface area contributed by atoms with E-state index in [-0.39, 0.29) is 11.9 Å². The van der Waals surface area contributed by atoms with Crippen LogP contribution >= 0.6 is 11.3 Å². The lowest BCUT2D eigenvalue weighted by Gasteiger charge is -2.07. The lowest BCUT2D eigenvalue weighted by molar-refractivity contribution is 0.460. The Morgan fingerprint density at radius 1 is 1.38 bits per heavy atom. The molecule has 16 heavy (non-hydrogen) atoms. The molecule has 0 unspecified atom stereocenters. The largest absolute Gasteiger partial charge is 0.748 e. The van der Waals surface area contributed by atoms with Crippen LogP contribution in [0.15, 0.2) is 16.8 Å². The van der Waals surface area contributed by atoms with Gasteiger partial charge in [-0.15, -0.1) is 0 Å². The van der Waals surface area contributed by atoms with Gasteiger partial charge in [0.1, 0.15) is 0 Å². The summed E-state index contributed by atoms with van der Waals surface area (Å²) in [5.74, 6) is -0.279. The fourth-order valence-corrected chi connectivity index (χ4v) is 2.37. The van der Waals surface area contributed by atoms with Gasteiger partial charge < -0.3 is 16.0 Å². The van der Waals surface area contributed by atoms with Crippen molar-refractivity contribution in [3.8, 4) is 0 Å². The first kappa shape index (κ1) is 15.5. The lowest BCUT2D eigenvalue weighted by Crippen LogP contribution is -2.20. The van der Waals surface area contributed by atoms with Crippen molar-refractivity contribution in [2.75, 3.05) is 18.8 Å². The molecule has 0 aliphatic carbocycles. The van der Waals surface area contributed by atoms with Crippen LogP contribution in [-0.2, 0) is 16.5 Å². The third-order valence-electron chi connectivity index (χ3n) is 1.92. The Balaban J connectivity index is 0.00000225. The van der Waals surface area contributed by atoms with Crippen molar-refractivity contribution in [2.24, 2.45) is 0 Å². The van der Waals surface area contributed by atoms with Crippen LogP contribution in [0.1, 0.15) is 12.0 Å². The standard InChI is InChI=1S/C9H15NO3S2.H3N/c11-15(12,13)7-1-4-10-5-2-9-3-6-14-8-9;/h3,6,8,10H,1-2,4-5,7H2,(H,11,12,13);1H3.